The van der Waals surface area contributed by atoms with E-state index >= 15 is 0 Å². The first-order valence-electron chi connectivity index (χ1n) is 7.13. The van der Waals surface area contributed by atoms with Gasteiger partial charge >= 0.3 is 5.97 Å². The number of anilines is 1. The van der Waals surface area contributed by atoms with Crippen LogP contribution >= 0.6 is 22.7 Å². The number of esters is 1. The van der Waals surface area contributed by atoms with Crippen molar-refractivity contribution in [3.63, 3.8) is 0 Å². The molecule has 0 radical (unpaired) electrons. The van der Waals surface area contributed by atoms with E-state index in [1.54, 1.807) is 19.1 Å². The lowest BCUT2D eigenvalue weighted by atomic mass is 10.2. The van der Waals surface area contributed by atoms with Crippen molar-refractivity contribution < 1.29 is 19.1 Å². The number of amides is 1. The normalized spacial score (nSPS) is 10.2. The largest absolute Gasteiger partial charge is 0.457 e. The molecule has 2 heterocycles. The summed E-state index contributed by atoms with van der Waals surface area (Å²) in [5.41, 5.74) is 0.485. The van der Waals surface area contributed by atoms with Crippen LogP contribution in [0.15, 0.2) is 30.2 Å². The molecule has 0 saturated carbocycles. The number of carbonyl (C=O) groups excluding carboxylic acids is 3. The van der Waals surface area contributed by atoms with Crippen LogP contribution in [-0.2, 0) is 9.53 Å². The van der Waals surface area contributed by atoms with Crippen LogP contribution < -0.4 is 5.32 Å². The van der Waals surface area contributed by atoms with Crippen molar-refractivity contribution in [2.45, 2.75) is 19.8 Å². The zero-order valence-electron chi connectivity index (χ0n) is 13.0. The Hall–Kier alpha value is -2.32. The first-order chi connectivity index (χ1) is 11.5. The minimum absolute atomic E-state index is 0.0611. The molecule has 6 nitrogen and oxygen atoms in total. The Balaban J connectivity index is 1.89. The third-order valence-electron chi connectivity index (χ3n) is 2.94. The second kappa shape index (κ2) is 8.51. The molecule has 0 fully saturated rings. The van der Waals surface area contributed by atoms with Gasteiger partial charge in [-0.3, -0.25) is 9.59 Å². The molecule has 1 N–H and O–H groups in total. The summed E-state index contributed by atoms with van der Waals surface area (Å²) in [5, 5.41) is 4.74. The van der Waals surface area contributed by atoms with E-state index in [2.05, 4.69) is 16.9 Å². The second-order valence-electron chi connectivity index (χ2n) is 4.77. The molecule has 8 heteroatoms. The van der Waals surface area contributed by atoms with E-state index in [1.165, 1.54) is 17.4 Å². The van der Waals surface area contributed by atoms with E-state index in [4.69, 9.17) is 4.74 Å². The van der Waals surface area contributed by atoms with E-state index in [-0.39, 0.29) is 31.1 Å². The lowest BCUT2D eigenvalue weighted by Crippen LogP contribution is -2.13. The molecule has 0 aliphatic carbocycles. The summed E-state index contributed by atoms with van der Waals surface area (Å²) in [6.45, 7) is 5.25. The monoisotopic (exact) mass is 364 g/mol. The molecule has 1 amide bonds. The summed E-state index contributed by atoms with van der Waals surface area (Å²) in [7, 11) is 0. The lowest BCUT2D eigenvalue weighted by molar-refractivity contribution is -0.116. The number of rotatable bonds is 8. The van der Waals surface area contributed by atoms with Crippen molar-refractivity contribution in [3.8, 4) is 0 Å². The molecule has 0 aliphatic heterocycles. The van der Waals surface area contributed by atoms with Gasteiger partial charge in [-0.15, -0.1) is 11.3 Å². The first kappa shape index (κ1) is 18.0. The van der Waals surface area contributed by atoms with E-state index in [9.17, 15) is 14.4 Å². The quantitative estimate of drug-likeness (QED) is 0.440. The van der Waals surface area contributed by atoms with Crippen LogP contribution in [0.2, 0.25) is 0 Å². The number of nitrogens with one attached hydrogen (secondary N) is 1. The number of hydrogen-bond donors (Lipinski definition) is 1. The van der Waals surface area contributed by atoms with Crippen molar-refractivity contribution in [2.24, 2.45) is 0 Å². The number of ether oxygens (including phenoxy) is 1. The molecular weight excluding hydrogens is 348 g/mol. The van der Waals surface area contributed by atoms with Crippen LogP contribution in [0.25, 0.3) is 0 Å². The highest BCUT2D eigenvalue weighted by atomic mass is 32.1. The highest BCUT2D eigenvalue weighted by Gasteiger charge is 2.18. The molecule has 0 bridgehead atoms. The third kappa shape index (κ3) is 4.84. The van der Waals surface area contributed by atoms with Gasteiger partial charge in [-0.2, -0.15) is 0 Å². The van der Waals surface area contributed by atoms with Crippen molar-refractivity contribution in [1.82, 2.24) is 4.98 Å². The molecule has 0 aliphatic rings. The number of nitrogens with zero attached hydrogens (tertiary/aromatic N) is 1. The number of thiazole rings is 1. The number of ketones is 1. The van der Waals surface area contributed by atoms with Gasteiger partial charge in [-0.1, -0.05) is 30.1 Å². The maximum Gasteiger partial charge on any atom is 0.350 e. The molecule has 2 aromatic rings. The highest BCUT2D eigenvalue weighted by Crippen LogP contribution is 2.23. The Morgan fingerprint density at radius 1 is 1.38 bits per heavy atom. The summed E-state index contributed by atoms with van der Waals surface area (Å²) < 4.78 is 4.95. The van der Waals surface area contributed by atoms with Gasteiger partial charge in [0.15, 0.2) is 10.9 Å². The molecule has 0 atom stereocenters. The van der Waals surface area contributed by atoms with Gasteiger partial charge in [-0.05, 0) is 18.4 Å². The van der Waals surface area contributed by atoms with Crippen LogP contribution in [0.4, 0.5) is 5.13 Å². The minimum atomic E-state index is -0.502. The minimum Gasteiger partial charge on any atom is -0.457 e. The van der Waals surface area contributed by atoms with Crippen molar-refractivity contribution in [3.05, 3.63) is 45.6 Å². The zero-order valence-corrected chi connectivity index (χ0v) is 14.7. The first-order valence-corrected chi connectivity index (χ1v) is 8.83. The van der Waals surface area contributed by atoms with Gasteiger partial charge in [0.05, 0.1) is 10.6 Å². The van der Waals surface area contributed by atoms with E-state index in [1.807, 2.05) is 5.38 Å². The highest BCUT2D eigenvalue weighted by molar-refractivity contribution is 7.17. The molecule has 126 valence electrons. The summed E-state index contributed by atoms with van der Waals surface area (Å²) in [4.78, 5) is 40.7. The average Bonchev–Trinajstić information content (AvgIpc) is 3.20. The summed E-state index contributed by atoms with van der Waals surface area (Å²) in [5.74, 6) is -0.887. The van der Waals surface area contributed by atoms with Gasteiger partial charge in [0, 0.05) is 12.8 Å². The van der Waals surface area contributed by atoms with Crippen LogP contribution in [0.5, 0.6) is 0 Å². The van der Waals surface area contributed by atoms with Crippen LogP contribution in [0.3, 0.4) is 0 Å². The van der Waals surface area contributed by atoms with E-state index in [0.29, 0.717) is 20.6 Å². The van der Waals surface area contributed by atoms with Crippen LogP contribution in [0.1, 0.15) is 37.9 Å². The Labute approximate surface area is 147 Å². The molecule has 0 unspecified atom stereocenters. The Bertz CT molecular complexity index is 750. The third-order valence-corrected chi connectivity index (χ3v) is 4.90. The Kier molecular flexibility index (Phi) is 6.39. The number of carbonyl (C=O) groups is 3. The molecule has 0 saturated heterocycles. The lowest BCUT2D eigenvalue weighted by Gasteiger charge is -2.00. The second-order valence-corrected chi connectivity index (χ2v) is 6.72. The number of hydrogen-bond acceptors (Lipinski definition) is 7. The fraction of sp³-hybridized carbons (Fsp3) is 0.250. The summed E-state index contributed by atoms with van der Waals surface area (Å²) >= 11 is 2.40. The Morgan fingerprint density at radius 2 is 2.17 bits per heavy atom. The van der Waals surface area contributed by atoms with E-state index in [0.717, 1.165) is 11.3 Å². The van der Waals surface area contributed by atoms with E-state index < -0.39 is 5.97 Å². The summed E-state index contributed by atoms with van der Waals surface area (Å²) in [6, 6.07) is 3.53. The standard InChI is InChI=1S/C16H16N2O4S2/c1-3-8-22-15(21)14-10(2)17-16(24-14)18-13(20)7-6-11(19)12-5-4-9-23-12/h3-5,9H,1,6-8H2,2H3,(H,17,18,20). The SMILES string of the molecule is C=CCOC(=O)c1sc(NC(=O)CCC(=O)c2cccs2)nc1C. The van der Waals surface area contributed by atoms with Gasteiger partial charge in [0.1, 0.15) is 11.5 Å². The van der Waals surface area contributed by atoms with Gasteiger partial charge in [0.25, 0.3) is 0 Å². The number of aryl methyl sites for hydroxylation is 1. The number of aromatic nitrogens is 1. The summed E-state index contributed by atoms with van der Waals surface area (Å²) in [6.07, 6.45) is 1.66. The Morgan fingerprint density at radius 3 is 2.83 bits per heavy atom. The van der Waals surface area contributed by atoms with Crippen molar-refractivity contribution in [2.75, 3.05) is 11.9 Å². The van der Waals surface area contributed by atoms with Gasteiger partial charge in [-0.25, -0.2) is 9.78 Å². The molecular formula is C16H16N2O4S2. The maximum atomic E-state index is 11.9. The van der Waals surface area contributed by atoms with Crippen LogP contribution in [0, 0.1) is 6.92 Å². The number of thiophene rings is 1. The molecule has 2 rings (SSSR count). The molecule has 2 aromatic heterocycles. The molecule has 24 heavy (non-hydrogen) atoms. The maximum absolute atomic E-state index is 11.9. The fourth-order valence-electron chi connectivity index (χ4n) is 1.81. The van der Waals surface area contributed by atoms with Gasteiger partial charge in [0.2, 0.25) is 5.91 Å². The number of Topliss-reactive ketones (excluding diaryl/α,β-unsaturated/α-hetero) is 1. The zero-order chi connectivity index (χ0) is 17.5. The van der Waals surface area contributed by atoms with Crippen LogP contribution in [-0.4, -0.2) is 29.3 Å². The predicted octanol–water partition coefficient (Wildman–Crippen LogP) is 3.46. The van der Waals surface area contributed by atoms with Crippen molar-refractivity contribution in [1.29, 1.82) is 0 Å². The predicted molar refractivity (Wildman–Crippen MR) is 93.8 cm³/mol. The topological polar surface area (TPSA) is 85.4 Å². The molecule has 0 spiro atoms. The average molecular weight is 364 g/mol. The smallest absolute Gasteiger partial charge is 0.350 e. The van der Waals surface area contributed by atoms with Crippen molar-refractivity contribution >= 4 is 45.5 Å². The fourth-order valence-corrected chi connectivity index (χ4v) is 3.38. The van der Waals surface area contributed by atoms with Gasteiger partial charge < -0.3 is 10.1 Å². The molecule has 0 aromatic carbocycles.